The van der Waals surface area contributed by atoms with Gasteiger partial charge in [-0.3, -0.25) is 4.79 Å². The second-order valence-electron chi connectivity index (χ2n) is 6.88. The molecule has 0 N–H and O–H groups in total. The van der Waals surface area contributed by atoms with Crippen LogP contribution in [0.25, 0.3) is 0 Å². The molecule has 0 saturated carbocycles. The second kappa shape index (κ2) is 6.02. The van der Waals surface area contributed by atoms with E-state index in [4.69, 9.17) is 9.47 Å². The Balaban J connectivity index is 1.35. The van der Waals surface area contributed by atoms with Gasteiger partial charge < -0.3 is 14.4 Å². The van der Waals surface area contributed by atoms with Gasteiger partial charge in [-0.05, 0) is 36.5 Å². The Hall–Kier alpha value is -1.20. The Kier molecular flexibility index (Phi) is 4.01. The first-order valence-corrected chi connectivity index (χ1v) is 9.35. The number of likely N-dealkylation sites (tertiary alicyclic amines) is 1. The van der Waals surface area contributed by atoms with Crippen LogP contribution in [0.3, 0.4) is 0 Å². The van der Waals surface area contributed by atoms with Crippen molar-refractivity contribution in [2.45, 2.75) is 36.5 Å². The van der Waals surface area contributed by atoms with Crippen LogP contribution >= 0.6 is 11.8 Å². The number of fused-ring (bicyclic) bond motifs is 1. The standard InChI is InChI=1S/C18H23NO3S/c1-21-15-9-18(23-10-15)11-19(12-18)17(20)8-13-4-5-16-14(7-13)3-2-6-22-16/h4-5,7,15H,2-3,6,8-12H2,1H3/t15-/m0/s1. The van der Waals surface area contributed by atoms with Gasteiger partial charge in [-0.1, -0.05) is 12.1 Å². The van der Waals surface area contributed by atoms with Gasteiger partial charge in [0.25, 0.3) is 0 Å². The molecule has 5 heteroatoms. The molecule has 1 aromatic rings. The lowest BCUT2D eigenvalue weighted by atomic mass is 9.92. The molecule has 4 nitrogen and oxygen atoms in total. The van der Waals surface area contributed by atoms with Crippen LogP contribution in [0, 0.1) is 0 Å². The number of aryl methyl sites for hydroxylation is 1. The van der Waals surface area contributed by atoms with Crippen molar-refractivity contribution in [2.24, 2.45) is 0 Å². The summed E-state index contributed by atoms with van der Waals surface area (Å²) >= 11 is 1.97. The Bertz CT molecular complexity index is 612. The normalized spacial score (nSPS) is 24.9. The van der Waals surface area contributed by atoms with Gasteiger partial charge >= 0.3 is 0 Å². The number of carbonyl (C=O) groups excluding carboxylic acids is 1. The highest BCUT2D eigenvalue weighted by Gasteiger charge is 2.50. The molecule has 1 atom stereocenters. The van der Waals surface area contributed by atoms with E-state index in [1.807, 2.05) is 28.8 Å². The van der Waals surface area contributed by atoms with Crippen LogP contribution in [-0.4, -0.2) is 54.2 Å². The van der Waals surface area contributed by atoms with Crippen molar-refractivity contribution in [2.75, 3.05) is 32.6 Å². The van der Waals surface area contributed by atoms with Gasteiger partial charge in [0.15, 0.2) is 0 Å². The predicted octanol–water partition coefficient (Wildman–Crippen LogP) is 2.29. The van der Waals surface area contributed by atoms with Gasteiger partial charge in [0.1, 0.15) is 5.75 Å². The molecule has 0 radical (unpaired) electrons. The minimum atomic E-state index is 0.244. The molecule has 1 aromatic carbocycles. The molecule has 0 aromatic heterocycles. The summed E-state index contributed by atoms with van der Waals surface area (Å²) in [7, 11) is 1.78. The molecule has 0 bridgehead atoms. The Morgan fingerprint density at radius 2 is 2.35 bits per heavy atom. The van der Waals surface area contributed by atoms with E-state index in [-0.39, 0.29) is 10.7 Å². The summed E-state index contributed by atoms with van der Waals surface area (Å²) in [4.78, 5) is 14.5. The molecule has 3 heterocycles. The van der Waals surface area contributed by atoms with Crippen molar-refractivity contribution in [1.29, 1.82) is 0 Å². The van der Waals surface area contributed by atoms with E-state index in [1.54, 1.807) is 7.11 Å². The SMILES string of the molecule is CO[C@@H]1CSC2(C1)CN(C(=O)Cc1ccc3c(c1)CCCO3)C2. The van der Waals surface area contributed by atoms with Crippen LogP contribution in [0.4, 0.5) is 0 Å². The summed E-state index contributed by atoms with van der Waals surface area (Å²) in [5.41, 5.74) is 2.35. The quantitative estimate of drug-likeness (QED) is 0.851. The van der Waals surface area contributed by atoms with E-state index >= 15 is 0 Å². The lowest BCUT2D eigenvalue weighted by Gasteiger charge is -2.47. The lowest BCUT2D eigenvalue weighted by Crippen LogP contribution is -2.61. The molecule has 1 amide bonds. The zero-order valence-corrected chi connectivity index (χ0v) is 14.4. The highest BCUT2D eigenvalue weighted by molar-refractivity contribution is 8.01. The molecule has 2 fully saturated rings. The van der Waals surface area contributed by atoms with Gasteiger partial charge in [-0.2, -0.15) is 0 Å². The van der Waals surface area contributed by atoms with Gasteiger partial charge in [-0.25, -0.2) is 0 Å². The number of rotatable bonds is 3. The molecule has 0 aliphatic carbocycles. The molecule has 23 heavy (non-hydrogen) atoms. The molecule has 3 aliphatic rings. The molecule has 0 unspecified atom stereocenters. The Labute approximate surface area is 141 Å². The fourth-order valence-corrected chi connectivity index (χ4v) is 5.40. The zero-order valence-electron chi connectivity index (χ0n) is 13.5. The van der Waals surface area contributed by atoms with E-state index in [0.29, 0.717) is 12.5 Å². The Morgan fingerprint density at radius 3 is 3.13 bits per heavy atom. The van der Waals surface area contributed by atoms with Crippen LogP contribution in [0.15, 0.2) is 18.2 Å². The monoisotopic (exact) mass is 333 g/mol. The predicted molar refractivity (Wildman–Crippen MR) is 91.1 cm³/mol. The van der Waals surface area contributed by atoms with Gasteiger partial charge in [0.05, 0.1) is 23.9 Å². The van der Waals surface area contributed by atoms with E-state index in [2.05, 4.69) is 6.07 Å². The van der Waals surface area contributed by atoms with Crippen molar-refractivity contribution in [3.8, 4) is 5.75 Å². The number of methoxy groups -OCH3 is 1. The van der Waals surface area contributed by atoms with Gasteiger partial charge in [0, 0.05) is 26.0 Å². The summed E-state index contributed by atoms with van der Waals surface area (Å²) in [5.74, 6) is 2.29. The van der Waals surface area contributed by atoms with Crippen molar-refractivity contribution in [3.05, 3.63) is 29.3 Å². The topological polar surface area (TPSA) is 38.8 Å². The number of nitrogens with zero attached hydrogens (tertiary/aromatic N) is 1. The first kappa shape index (κ1) is 15.3. The van der Waals surface area contributed by atoms with Gasteiger partial charge in [-0.15, -0.1) is 11.8 Å². The second-order valence-corrected chi connectivity index (χ2v) is 8.36. The van der Waals surface area contributed by atoms with E-state index in [0.717, 1.165) is 56.0 Å². The molecule has 2 saturated heterocycles. The van der Waals surface area contributed by atoms with E-state index in [1.165, 1.54) is 5.56 Å². The molecule has 1 spiro atoms. The Morgan fingerprint density at radius 1 is 1.48 bits per heavy atom. The molecular weight excluding hydrogens is 310 g/mol. The average molecular weight is 333 g/mol. The fraction of sp³-hybridized carbons (Fsp3) is 0.611. The average Bonchev–Trinajstić information content (AvgIpc) is 2.98. The first-order chi connectivity index (χ1) is 11.2. The number of benzene rings is 1. The lowest BCUT2D eigenvalue weighted by molar-refractivity contribution is -0.135. The summed E-state index contributed by atoms with van der Waals surface area (Å²) in [6, 6.07) is 6.20. The maximum Gasteiger partial charge on any atom is 0.227 e. The van der Waals surface area contributed by atoms with Crippen molar-refractivity contribution >= 4 is 17.7 Å². The largest absolute Gasteiger partial charge is 0.493 e. The fourth-order valence-electron chi connectivity index (χ4n) is 3.81. The van der Waals surface area contributed by atoms with Gasteiger partial charge in [0.2, 0.25) is 5.91 Å². The van der Waals surface area contributed by atoms with Crippen molar-refractivity contribution in [3.63, 3.8) is 0 Å². The third-order valence-corrected chi connectivity index (χ3v) is 6.72. The molecule has 3 aliphatic heterocycles. The van der Waals surface area contributed by atoms with Crippen LogP contribution in [0.2, 0.25) is 0 Å². The van der Waals surface area contributed by atoms with Crippen LogP contribution in [-0.2, 0) is 22.4 Å². The highest BCUT2D eigenvalue weighted by atomic mass is 32.2. The summed E-state index contributed by atoms with van der Waals surface area (Å²) in [5, 5.41) is 0. The number of ether oxygens (including phenoxy) is 2. The van der Waals surface area contributed by atoms with Crippen molar-refractivity contribution in [1.82, 2.24) is 4.90 Å². The summed E-state index contributed by atoms with van der Waals surface area (Å²) in [6.45, 7) is 2.57. The van der Waals surface area contributed by atoms with E-state index in [9.17, 15) is 4.79 Å². The number of amides is 1. The third-order valence-electron chi connectivity index (χ3n) is 5.15. The maximum absolute atomic E-state index is 12.5. The number of thioether (sulfide) groups is 1. The van der Waals surface area contributed by atoms with Crippen LogP contribution in [0.5, 0.6) is 5.75 Å². The highest BCUT2D eigenvalue weighted by Crippen LogP contribution is 2.46. The molecule has 4 rings (SSSR count). The van der Waals surface area contributed by atoms with E-state index < -0.39 is 0 Å². The number of carbonyl (C=O) groups is 1. The number of hydrogen-bond donors (Lipinski definition) is 0. The van der Waals surface area contributed by atoms with Crippen molar-refractivity contribution < 1.29 is 14.3 Å². The smallest absolute Gasteiger partial charge is 0.227 e. The summed E-state index contributed by atoms with van der Waals surface area (Å²) in [6.07, 6.45) is 4.06. The first-order valence-electron chi connectivity index (χ1n) is 8.37. The molecule has 124 valence electrons. The van der Waals surface area contributed by atoms with Crippen LogP contribution in [0.1, 0.15) is 24.0 Å². The zero-order chi connectivity index (χ0) is 15.9. The minimum Gasteiger partial charge on any atom is -0.493 e. The maximum atomic E-state index is 12.5. The number of hydrogen-bond acceptors (Lipinski definition) is 4. The molecular formula is C18H23NO3S. The third kappa shape index (κ3) is 2.96. The van der Waals surface area contributed by atoms with Crippen LogP contribution < -0.4 is 4.74 Å². The minimum absolute atomic E-state index is 0.244. The summed E-state index contributed by atoms with van der Waals surface area (Å²) < 4.78 is 11.4.